The summed E-state index contributed by atoms with van der Waals surface area (Å²) in [5.74, 6) is 2.11. The molecule has 1 fully saturated rings. The molecule has 1 aromatic heterocycles. The minimum atomic E-state index is 0. The SMILES string of the molecule is Cc1ccc(CN(CCN(C)C)C(=O)[C@@H]2CCCNC2)o1.Cl. The first kappa shape index (κ1) is 19.0. The number of hydrogen-bond acceptors (Lipinski definition) is 4. The van der Waals surface area contributed by atoms with Gasteiger partial charge < -0.3 is 19.5 Å². The van der Waals surface area contributed by atoms with Crippen molar-refractivity contribution in [3.63, 3.8) is 0 Å². The number of aryl methyl sites for hydroxylation is 1. The average molecular weight is 330 g/mol. The maximum Gasteiger partial charge on any atom is 0.227 e. The third-order valence-electron chi connectivity index (χ3n) is 3.92. The van der Waals surface area contributed by atoms with Crippen LogP contribution < -0.4 is 5.32 Å². The van der Waals surface area contributed by atoms with Gasteiger partial charge in [-0.05, 0) is 52.5 Å². The number of halogens is 1. The molecular formula is C16H28ClN3O2. The average Bonchev–Trinajstić information content (AvgIpc) is 2.89. The Morgan fingerprint density at radius 3 is 2.68 bits per heavy atom. The molecule has 0 spiro atoms. The normalized spacial score (nSPS) is 18.1. The monoisotopic (exact) mass is 329 g/mol. The van der Waals surface area contributed by atoms with Crippen molar-refractivity contribution in [1.29, 1.82) is 0 Å². The largest absolute Gasteiger partial charge is 0.464 e. The van der Waals surface area contributed by atoms with Gasteiger partial charge in [0.1, 0.15) is 11.5 Å². The molecule has 2 heterocycles. The van der Waals surface area contributed by atoms with Crippen LogP contribution >= 0.6 is 12.4 Å². The molecular weight excluding hydrogens is 302 g/mol. The molecule has 1 atom stereocenters. The lowest BCUT2D eigenvalue weighted by Gasteiger charge is -2.30. The van der Waals surface area contributed by atoms with E-state index in [2.05, 4.69) is 10.2 Å². The predicted molar refractivity (Wildman–Crippen MR) is 90.3 cm³/mol. The Kier molecular flexibility index (Phi) is 7.93. The minimum Gasteiger partial charge on any atom is -0.464 e. The van der Waals surface area contributed by atoms with E-state index in [1.54, 1.807) is 0 Å². The van der Waals surface area contributed by atoms with Gasteiger partial charge in [-0.3, -0.25) is 4.79 Å². The van der Waals surface area contributed by atoms with E-state index in [1.165, 1.54) is 0 Å². The maximum atomic E-state index is 12.7. The molecule has 0 aromatic carbocycles. The van der Waals surface area contributed by atoms with Crippen molar-refractivity contribution in [1.82, 2.24) is 15.1 Å². The molecule has 1 amide bonds. The number of nitrogens with one attached hydrogen (secondary N) is 1. The van der Waals surface area contributed by atoms with Crippen LogP contribution in [0.2, 0.25) is 0 Å². The Labute approximate surface area is 139 Å². The maximum absolute atomic E-state index is 12.7. The van der Waals surface area contributed by atoms with Crippen molar-refractivity contribution < 1.29 is 9.21 Å². The van der Waals surface area contributed by atoms with Gasteiger partial charge in [0.2, 0.25) is 5.91 Å². The zero-order valence-electron chi connectivity index (χ0n) is 13.8. The standard InChI is InChI=1S/C16H27N3O2.ClH/c1-13-6-7-15(21-13)12-19(10-9-18(2)3)16(20)14-5-4-8-17-11-14;/h6-7,14,17H,4-5,8-12H2,1-3H3;1H/t14-;/m1./s1. The van der Waals surface area contributed by atoms with Gasteiger partial charge in [0, 0.05) is 19.6 Å². The van der Waals surface area contributed by atoms with Crippen LogP contribution in [0.3, 0.4) is 0 Å². The van der Waals surface area contributed by atoms with E-state index >= 15 is 0 Å². The summed E-state index contributed by atoms with van der Waals surface area (Å²) in [5.41, 5.74) is 0. The molecule has 6 heteroatoms. The van der Waals surface area contributed by atoms with Gasteiger partial charge in [-0.15, -0.1) is 12.4 Å². The molecule has 1 aromatic rings. The Balaban J connectivity index is 0.00000242. The van der Waals surface area contributed by atoms with Crippen LogP contribution in [-0.4, -0.2) is 56.0 Å². The lowest BCUT2D eigenvalue weighted by molar-refractivity contribution is -0.137. The van der Waals surface area contributed by atoms with E-state index in [1.807, 2.05) is 38.1 Å². The summed E-state index contributed by atoms with van der Waals surface area (Å²) in [5, 5.41) is 3.32. The van der Waals surface area contributed by atoms with Gasteiger partial charge in [-0.2, -0.15) is 0 Å². The van der Waals surface area contributed by atoms with Crippen LogP contribution in [0.1, 0.15) is 24.4 Å². The van der Waals surface area contributed by atoms with Crippen molar-refractivity contribution in [2.45, 2.75) is 26.3 Å². The van der Waals surface area contributed by atoms with Gasteiger partial charge in [0.15, 0.2) is 0 Å². The Morgan fingerprint density at radius 2 is 2.14 bits per heavy atom. The van der Waals surface area contributed by atoms with Crippen molar-refractivity contribution >= 4 is 18.3 Å². The molecule has 1 saturated heterocycles. The number of rotatable bonds is 6. The summed E-state index contributed by atoms with van der Waals surface area (Å²) in [6, 6.07) is 3.91. The molecule has 1 N–H and O–H groups in total. The van der Waals surface area contributed by atoms with Gasteiger partial charge in [0.25, 0.3) is 0 Å². The number of amides is 1. The van der Waals surface area contributed by atoms with E-state index < -0.39 is 0 Å². The zero-order chi connectivity index (χ0) is 15.2. The van der Waals surface area contributed by atoms with Crippen LogP contribution in [0, 0.1) is 12.8 Å². The molecule has 0 saturated carbocycles. The zero-order valence-corrected chi connectivity index (χ0v) is 14.6. The second-order valence-electron chi connectivity index (χ2n) is 6.12. The molecule has 0 unspecified atom stereocenters. The van der Waals surface area contributed by atoms with E-state index in [0.29, 0.717) is 6.54 Å². The van der Waals surface area contributed by atoms with E-state index in [9.17, 15) is 4.79 Å². The van der Waals surface area contributed by atoms with Gasteiger partial charge in [-0.1, -0.05) is 0 Å². The summed E-state index contributed by atoms with van der Waals surface area (Å²) in [4.78, 5) is 16.8. The number of likely N-dealkylation sites (N-methyl/N-ethyl adjacent to an activating group) is 1. The van der Waals surface area contributed by atoms with Crippen molar-refractivity contribution in [3.8, 4) is 0 Å². The molecule has 22 heavy (non-hydrogen) atoms. The number of nitrogens with zero attached hydrogens (tertiary/aromatic N) is 2. The predicted octanol–water partition coefficient (Wildman–Crippen LogP) is 1.90. The van der Waals surface area contributed by atoms with Gasteiger partial charge in [-0.25, -0.2) is 0 Å². The first-order valence-electron chi connectivity index (χ1n) is 7.76. The summed E-state index contributed by atoms with van der Waals surface area (Å²) < 4.78 is 5.64. The van der Waals surface area contributed by atoms with Crippen LogP contribution in [0.15, 0.2) is 16.5 Å². The fraction of sp³-hybridized carbons (Fsp3) is 0.688. The van der Waals surface area contributed by atoms with E-state index in [0.717, 1.165) is 50.5 Å². The highest BCUT2D eigenvalue weighted by molar-refractivity contribution is 5.85. The molecule has 126 valence electrons. The number of carbonyl (C=O) groups excluding carboxylic acids is 1. The lowest BCUT2D eigenvalue weighted by atomic mass is 9.98. The molecule has 1 aliphatic heterocycles. The number of piperidine rings is 1. The van der Waals surface area contributed by atoms with Crippen LogP contribution in [0.25, 0.3) is 0 Å². The molecule has 5 nitrogen and oxygen atoms in total. The summed E-state index contributed by atoms with van der Waals surface area (Å²) in [6.45, 7) is 5.93. The quantitative estimate of drug-likeness (QED) is 0.866. The van der Waals surface area contributed by atoms with Crippen LogP contribution in [0.4, 0.5) is 0 Å². The molecule has 0 bridgehead atoms. The molecule has 0 radical (unpaired) electrons. The highest BCUT2D eigenvalue weighted by Crippen LogP contribution is 2.16. The van der Waals surface area contributed by atoms with Crippen LogP contribution in [0.5, 0.6) is 0 Å². The third kappa shape index (κ3) is 5.63. The van der Waals surface area contributed by atoms with E-state index in [4.69, 9.17) is 4.42 Å². The highest BCUT2D eigenvalue weighted by atomic mass is 35.5. The number of carbonyl (C=O) groups is 1. The fourth-order valence-corrected chi connectivity index (χ4v) is 2.67. The second kappa shape index (κ2) is 9.18. The minimum absolute atomic E-state index is 0. The lowest BCUT2D eigenvalue weighted by Crippen LogP contribution is -2.44. The molecule has 1 aliphatic rings. The fourth-order valence-electron chi connectivity index (χ4n) is 2.67. The summed E-state index contributed by atoms with van der Waals surface area (Å²) in [7, 11) is 4.06. The summed E-state index contributed by atoms with van der Waals surface area (Å²) >= 11 is 0. The van der Waals surface area contributed by atoms with Crippen molar-refractivity contribution in [2.24, 2.45) is 5.92 Å². The Morgan fingerprint density at radius 1 is 1.36 bits per heavy atom. The van der Waals surface area contributed by atoms with Gasteiger partial charge in [0.05, 0.1) is 12.5 Å². The smallest absolute Gasteiger partial charge is 0.227 e. The first-order chi connectivity index (χ1) is 10.1. The summed E-state index contributed by atoms with van der Waals surface area (Å²) in [6.07, 6.45) is 2.07. The molecule has 2 rings (SSSR count). The Hall–Kier alpha value is -1.04. The first-order valence-corrected chi connectivity index (χ1v) is 7.76. The van der Waals surface area contributed by atoms with E-state index in [-0.39, 0.29) is 24.2 Å². The Bertz CT molecular complexity index is 456. The van der Waals surface area contributed by atoms with Crippen molar-refractivity contribution in [2.75, 3.05) is 40.3 Å². The molecule has 0 aliphatic carbocycles. The highest BCUT2D eigenvalue weighted by Gasteiger charge is 2.26. The van der Waals surface area contributed by atoms with Crippen LogP contribution in [-0.2, 0) is 11.3 Å². The van der Waals surface area contributed by atoms with Gasteiger partial charge >= 0.3 is 0 Å². The number of hydrogen-bond donors (Lipinski definition) is 1. The third-order valence-corrected chi connectivity index (χ3v) is 3.92. The number of furan rings is 1. The van der Waals surface area contributed by atoms with Crippen molar-refractivity contribution in [3.05, 3.63) is 23.7 Å². The second-order valence-corrected chi connectivity index (χ2v) is 6.12. The topological polar surface area (TPSA) is 48.7 Å².